The van der Waals surface area contributed by atoms with E-state index in [0.29, 0.717) is 0 Å². The monoisotopic (exact) mass is 195 g/mol. The minimum atomic E-state index is 1.02. The van der Waals surface area contributed by atoms with Crippen molar-refractivity contribution < 1.29 is 0 Å². The van der Waals surface area contributed by atoms with Crippen LogP contribution >= 0.6 is 11.3 Å². The molecule has 0 saturated carbocycles. The second-order valence-corrected chi connectivity index (χ2v) is 3.39. The quantitative estimate of drug-likeness (QED) is 0.670. The normalized spacial score (nSPS) is 12.2. The van der Waals surface area contributed by atoms with Gasteiger partial charge in [0.15, 0.2) is 0 Å². The first kappa shape index (κ1) is 12.1. The first-order valence-corrected chi connectivity index (χ1v) is 5.36. The number of hydrogen-bond acceptors (Lipinski definition) is 2. The molecular weight excluding hydrogens is 178 g/mol. The van der Waals surface area contributed by atoms with Crippen molar-refractivity contribution in [2.45, 2.75) is 27.2 Å². The number of thiazole rings is 1. The van der Waals surface area contributed by atoms with Crippen LogP contribution in [0.15, 0.2) is 18.2 Å². The van der Waals surface area contributed by atoms with Crippen LogP contribution in [0.3, 0.4) is 0 Å². The average molecular weight is 195 g/mol. The van der Waals surface area contributed by atoms with Gasteiger partial charge in [0.1, 0.15) is 0 Å². The highest BCUT2D eigenvalue weighted by Crippen LogP contribution is 1.75. The Labute approximate surface area is 84.1 Å². The van der Waals surface area contributed by atoms with Crippen LogP contribution in [0, 0.1) is 0 Å². The van der Waals surface area contributed by atoms with Crippen LogP contribution in [-0.2, 0) is 0 Å². The summed E-state index contributed by atoms with van der Waals surface area (Å²) in [7, 11) is 0. The standard InChI is InChI=1S/C8H9NS.C3H8/c1-3-5-7-8(4-2)10-6-9-7;1-3-2/h3-6H,1H2,2H3;3H2,1-2H3/b7-5+,8-4+;. The second kappa shape index (κ2) is 7.74. The van der Waals surface area contributed by atoms with Crippen molar-refractivity contribution in [3.05, 3.63) is 28.0 Å². The fourth-order valence-corrected chi connectivity index (χ4v) is 1.37. The maximum atomic E-state index is 4.14. The van der Waals surface area contributed by atoms with Gasteiger partial charge in [-0.2, -0.15) is 0 Å². The van der Waals surface area contributed by atoms with Crippen LogP contribution < -0.4 is 9.88 Å². The van der Waals surface area contributed by atoms with Gasteiger partial charge in [0.2, 0.25) is 0 Å². The summed E-state index contributed by atoms with van der Waals surface area (Å²) in [6.45, 7) is 9.86. The third-order valence-corrected chi connectivity index (χ3v) is 2.07. The molecule has 13 heavy (non-hydrogen) atoms. The van der Waals surface area contributed by atoms with E-state index < -0.39 is 0 Å². The molecule has 0 fully saturated rings. The number of nitrogens with zero attached hydrogens (tertiary/aromatic N) is 1. The summed E-state index contributed by atoms with van der Waals surface area (Å²) in [5.41, 5.74) is 1.84. The number of rotatable bonds is 1. The van der Waals surface area contributed by atoms with Gasteiger partial charge >= 0.3 is 0 Å². The van der Waals surface area contributed by atoms with Crippen molar-refractivity contribution >= 4 is 23.5 Å². The lowest BCUT2D eigenvalue weighted by molar-refractivity contribution is 1.09. The Morgan fingerprint density at radius 1 is 1.54 bits per heavy atom. The highest BCUT2D eigenvalue weighted by Gasteiger charge is 1.82. The van der Waals surface area contributed by atoms with Crippen molar-refractivity contribution in [2.24, 2.45) is 0 Å². The van der Waals surface area contributed by atoms with E-state index in [4.69, 9.17) is 0 Å². The molecule has 0 bridgehead atoms. The fourth-order valence-electron chi connectivity index (χ4n) is 0.717. The summed E-state index contributed by atoms with van der Waals surface area (Å²) >= 11 is 1.64. The van der Waals surface area contributed by atoms with E-state index in [0.717, 1.165) is 5.35 Å². The lowest BCUT2D eigenvalue weighted by Gasteiger charge is -1.71. The number of aromatic nitrogens is 1. The Morgan fingerprint density at radius 2 is 2.15 bits per heavy atom. The highest BCUT2D eigenvalue weighted by molar-refractivity contribution is 7.07. The third-order valence-electron chi connectivity index (χ3n) is 1.16. The Morgan fingerprint density at radius 3 is 2.62 bits per heavy atom. The van der Waals surface area contributed by atoms with Gasteiger partial charge in [-0.3, -0.25) is 0 Å². The molecule has 0 aliphatic heterocycles. The first-order chi connectivity index (χ1) is 6.29. The summed E-state index contributed by atoms with van der Waals surface area (Å²) in [5, 5.41) is 1.02. The molecule has 1 rings (SSSR count). The molecule has 1 heterocycles. The van der Waals surface area contributed by atoms with Crippen LogP contribution in [-0.4, -0.2) is 4.98 Å². The molecule has 0 aliphatic carbocycles. The maximum Gasteiger partial charge on any atom is 0.0808 e. The molecule has 0 saturated heterocycles. The Balaban J connectivity index is 0.000000424. The summed E-state index contributed by atoms with van der Waals surface area (Å²) < 4.78 is 1.21. The van der Waals surface area contributed by atoms with Gasteiger partial charge in [-0.15, -0.1) is 11.3 Å². The largest absolute Gasteiger partial charge is 0.245 e. The molecule has 0 unspecified atom stereocenters. The highest BCUT2D eigenvalue weighted by atomic mass is 32.1. The number of hydrogen-bond donors (Lipinski definition) is 0. The van der Waals surface area contributed by atoms with Gasteiger partial charge in [-0.05, 0) is 13.0 Å². The van der Waals surface area contributed by atoms with Crippen molar-refractivity contribution in [3.63, 3.8) is 0 Å². The van der Waals surface area contributed by atoms with E-state index in [1.807, 2.05) is 24.6 Å². The minimum Gasteiger partial charge on any atom is -0.245 e. The molecule has 0 radical (unpaired) electrons. The lowest BCUT2D eigenvalue weighted by Crippen LogP contribution is -2.19. The van der Waals surface area contributed by atoms with Crippen LogP contribution in [0.4, 0.5) is 0 Å². The molecule has 0 aromatic carbocycles. The predicted octanol–water partition coefficient (Wildman–Crippen LogP) is 2.33. The van der Waals surface area contributed by atoms with Gasteiger partial charge in [-0.1, -0.05) is 39.0 Å². The molecular formula is C11H17NS. The summed E-state index contributed by atoms with van der Waals surface area (Å²) in [6, 6.07) is 0. The Bertz CT molecular complexity index is 335. The Kier molecular flexibility index (Phi) is 7.21. The van der Waals surface area contributed by atoms with Crippen molar-refractivity contribution in [1.82, 2.24) is 4.98 Å². The third kappa shape index (κ3) is 4.63. The van der Waals surface area contributed by atoms with Crippen molar-refractivity contribution in [2.75, 3.05) is 0 Å². The van der Waals surface area contributed by atoms with Gasteiger partial charge in [-0.25, -0.2) is 4.98 Å². The summed E-state index contributed by atoms with van der Waals surface area (Å²) in [5.74, 6) is 0. The lowest BCUT2D eigenvalue weighted by atomic mass is 10.5. The molecule has 72 valence electrons. The Hall–Kier alpha value is -0.890. The maximum absolute atomic E-state index is 4.14. The van der Waals surface area contributed by atoms with E-state index in [9.17, 15) is 0 Å². The molecule has 0 N–H and O–H groups in total. The molecule has 0 amide bonds. The fraction of sp³-hybridized carbons (Fsp3) is 0.364. The van der Waals surface area contributed by atoms with Gasteiger partial charge in [0.25, 0.3) is 0 Å². The van der Waals surface area contributed by atoms with E-state index in [-0.39, 0.29) is 0 Å². The molecule has 0 spiro atoms. The zero-order valence-electron chi connectivity index (χ0n) is 8.58. The van der Waals surface area contributed by atoms with Gasteiger partial charge in [0.05, 0.1) is 15.4 Å². The van der Waals surface area contributed by atoms with Crippen molar-refractivity contribution in [1.29, 1.82) is 0 Å². The molecule has 2 heteroatoms. The van der Waals surface area contributed by atoms with Crippen molar-refractivity contribution in [3.8, 4) is 0 Å². The summed E-state index contributed by atoms with van der Waals surface area (Å²) in [4.78, 5) is 4.14. The smallest absolute Gasteiger partial charge is 0.0808 e. The first-order valence-electron chi connectivity index (χ1n) is 4.48. The minimum absolute atomic E-state index is 1.02. The molecule has 1 aromatic rings. The number of allylic oxidation sites excluding steroid dienone is 1. The molecule has 0 atom stereocenters. The van der Waals surface area contributed by atoms with Gasteiger partial charge in [0, 0.05) is 0 Å². The predicted molar refractivity (Wildman–Crippen MR) is 62.1 cm³/mol. The summed E-state index contributed by atoms with van der Waals surface area (Å²) in [6.07, 6.45) is 6.96. The zero-order chi connectivity index (χ0) is 10.1. The molecule has 1 aromatic heterocycles. The van der Waals surface area contributed by atoms with E-state index >= 15 is 0 Å². The topological polar surface area (TPSA) is 12.9 Å². The zero-order valence-corrected chi connectivity index (χ0v) is 9.40. The van der Waals surface area contributed by atoms with Gasteiger partial charge < -0.3 is 0 Å². The average Bonchev–Trinajstić information content (AvgIpc) is 2.54. The van der Waals surface area contributed by atoms with Crippen LogP contribution in [0.2, 0.25) is 0 Å². The van der Waals surface area contributed by atoms with E-state index in [1.165, 1.54) is 11.0 Å². The second-order valence-electron chi connectivity index (χ2n) is 2.50. The molecule has 1 nitrogen and oxygen atoms in total. The van der Waals surface area contributed by atoms with Crippen LogP contribution in [0.25, 0.3) is 12.2 Å². The van der Waals surface area contributed by atoms with Crippen LogP contribution in [0.5, 0.6) is 0 Å². The van der Waals surface area contributed by atoms with Crippen LogP contribution in [0.1, 0.15) is 27.2 Å². The van der Waals surface area contributed by atoms with E-state index in [2.05, 4.69) is 25.4 Å². The van der Waals surface area contributed by atoms with E-state index in [1.54, 1.807) is 17.4 Å². The molecule has 0 aliphatic rings. The SMILES string of the molecule is C=C/C=c1/ncs/c1=C/C.CCC.